The molecule has 0 spiro atoms. The Morgan fingerprint density at radius 2 is 1.52 bits per heavy atom. The predicted molar refractivity (Wildman–Crippen MR) is 76.7 cm³/mol. The van der Waals surface area contributed by atoms with Crippen LogP contribution in [0.4, 0.5) is 0 Å². The summed E-state index contributed by atoms with van der Waals surface area (Å²) in [5.74, 6) is 0.0674. The largest absolute Gasteiger partial charge is 0.340 e. The van der Waals surface area contributed by atoms with Gasteiger partial charge in [-0.1, -0.05) is 24.3 Å². The van der Waals surface area contributed by atoms with Gasteiger partial charge in [-0.15, -0.1) is 0 Å². The minimum atomic E-state index is -0.268. The number of benzene rings is 2. The van der Waals surface area contributed by atoms with Crippen molar-refractivity contribution >= 4 is 22.8 Å². The standard InChI is InChI=1S/C16H11N3O2/c20-15-10-5-1-2-6-11(10)16(21)19(15)9-14-17-12-7-3-4-8-13(12)18-14/h1-8H,9H2,(H,17,18). The van der Waals surface area contributed by atoms with Crippen LogP contribution in [0.1, 0.15) is 26.5 Å². The summed E-state index contributed by atoms with van der Waals surface area (Å²) in [6, 6.07) is 14.5. The number of hydrogen-bond donors (Lipinski definition) is 1. The van der Waals surface area contributed by atoms with Crippen LogP contribution in [0.3, 0.4) is 0 Å². The zero-order valence-electron chi connectivity index (χ0n) is 11.0. The molecule has 3 aromatic rings. The van der Waals surface area contributed by atoms with E-state index in [-0.39, 0.29) is 18.4 Å². The molecule has 1 aromatic heterocycles. The second-order valence-electron chi connectivity index (χ2n) is 4.94. The van der Waals surface area contributed by atoms with Crippen LogP contribution in [0.15, 0.2) is 48.5 Å². The molecule has 1 aliphatic heterocycles. The number of imidazole rings is 1. The molecule has 2 heterocycles. The number of imide groups is 1. The van der Waals surface area contributed by atoms with Gasteiger partial charge >= 0.3 is 0 Å². The van der Waals surface area contributed by atoms with E-state index in [2.05, 4.69) is 9.97 Å². The first kappa shape index (κ1) is 11.8. The molecular formula is C16H11N3O2. The highest BCUT2D eigenvalue weighted by Crippen LogP contribution is 2.24. The molecule has 0 saturated heterocycles. The zero-order chi connectivity index (χ0) is 14.4. The zero-order valence-corrected chi connectivity index (χ0v) is 11.0. The molecule has 0 bridgehead atoms. The molecule has 0 radical (unpaired) electrons. The summed E-state index contributed by atoms with van der Waals surface area (Å²) in [4.78, 5) is 33.3. The highest BCUT2D eigenvalue weighted by molar-refractivity contribution is 6.21. The minimum Gasteiger partial charge on any atom is -0.340 e. The fourth-order valence-corrected chi connectivity index (χ4v) is 2.61. The first-order valence-corrected chi connectivity index (χ1v) is 6.63. The van der Waals surface area contributed by atoms with E-state index in [0.29, 0.717) is 17.0 Å². The van der Waals surface area contributed by atoms with Crippen molar-refractivity contribution < 1.29 is 9.59 Å². The Kier molecular flexibility index (Phi) is 2.41. The van der Waals surface area contributed by atoms with E-state index in [1.807, 2.05) is 24.3 Å². The molecule has 0 atom stereocenters. The summed E-state index contributed by atoms with van der Waals surface area (Å²) in [5.41, 5.74) is 2.63. The molecule has 2 aromatic carbocycles. The van der Waals surface area contributed by atoms with Crippen LogP contribution >= 0.6 is 0 Å². The smallest absolute Gasteiger partial charge is 0.261 e. The fraction of sp³-hybridized carbons (Fsp3) is 0.0625. The maximum Gasteiger partial charge on any atom is 0.261 e. The van der Waals surface area contributed by atoms with E-state index >= 15 is 0 Å². The SMILES string of the molecule is O=C1c2ccccc2C(=O)N1Cc1nc2ccccc2[nH]1. The summed E-state index contributed by atoms with van der Waals surface area (Å²) in [7, 11) is 0. The van der Waals surface area contributed by atoms with E-state index in [1.54, 1.807) is 24.3 Å². The number of nitrogens with one attached hydrogen (secondary N) is 1. The van der Waals surface area contributed by atoms with Crippen molar-refractivity contribution in [3.05, 3.63) is 65.5 Å². The number of hydrogen-bond acceptors (Lipinski definition) is 3. The van der Waals surface area contributed by atoms with Crippen LogP contribution in [-0.2, 0) is 6.54 Å². The number of para-hydroxylation sites is 2. The lowest BCUT2D eigenvalue weighted by Gasteiger charge is -2.11. The fourth-order valence-electron chi connectivity index (χ4n) is 2.61. The van der Waals surface area contributed by atoms with E-state index in [4.69, 9.17) is 0 Å². The van der Waals surface area contributed by atoms with Gasteiger partial charge in [0, 0.05) is 0 Å². The summed E-state index contributed by atoms with van der Waals surface area (Å²) < 4.78 is 0. The number of aromatic amines is 1. The van der Waals surface area contributed by atoms with E-state index in [0.717, 1.165) is 11.0 Å². The average molecular weight is 277 g/mol. The first-order valence-electron chi connectivity index (χ1n) is 6.63. The lowest BCUT2D eigenvalue weighted by atomic mass is 10.1. The Hall–Kier alpha value is -2.95. The van der Waals surface area contributed by atoms with Crippen molar-refractivity contribution in [1.82, 2.24) is 14.9 Å². The normalized spacial score (nSPS) is 14.0. The maximum absolute atomic E-state index is 12.3. The number of carbonyl (C=O) groups is 2. The van der Waals surface area contributed by atoms with Gasteiger partial charge in [-0.25, -0.2) is 4.98 Å². The molecular weight excluding hydrogens is 266 g/mol. The number of nitrogens with zero attached hydrogens (tertiary/aromatic N) is 2. The van der Waals surface area contributed by atoms with Gasteiger partial charge in [-0.05, 0) is 24.3 Å². The highest BCUT2D eigenvalue weighted by atomic mass is 16.2. The van der Waals surface area contributed by atoms with Gasteiger partial charge in [0.2, 0.25) is 0 Å². The van der Waals surface area contributed by atoms with E-state index in [1.165, 1.54) is 4.90 Å². The van der Waals surface area contributed by atoms with Crippen molar-refractivity contribution in [3.8, 4) is 0 Å². The van der Waals surface area contributed by atoms with Crippen LogP contribution < -0.4 is 0 Å². The van der Waals surface area contributed by atoms with Crippen LogP contribution in [0.5, 0.6) is 0 Å². The van der Waals surface area contributed by atoms with Crippen LogP contribution in [0.2, 0.25) is 0 Å². The summed E-state index contributed by atoms with van der Waals surface area (Å²) >= 11 is 0. The predicted octanol–water partition coefficient (Wildman–Crippen LogP) is 2.36. The lowest BCUT2D eigenvalue weighted by Crippen LogP contribution is -2.29. The van der Waals surface area contributed by atoms with Gasteiger partial charge in [0.15, 0.2) is 0 Å². The van der Waals surface area contributed by atoms with Gasteiger partial charge in [-0.3, -0.25) is 14.5 Å². The first-order chi connectivity index (χ1) is 10.2. The van der Waals surface area contributed by atoms with Gasteiger partial charge in [0.25, 0.3) is 11.8 Å². The molecule has 0 aliphatic carbocycles. The van der Waals surface area contributed by atoms with Crippen LogP contribution in [0.25, 0.3) is 11.0 Å². The van der Waals surface area contributed by atoms with Crippen molar-refractivity contribution in [1.29, 1.82) is 0 Å². The summed E-state index contributed by atoms with van der Waals surface area (Å²) in [6.07, 6.45) is 0. The monoisotopic (exact) mass is 277 g/mol. The molecule has 0 unspecified atom stereocenters. The van der Waals surface area contributed by atoms with E-state index < -0.39 is 0 Å². The van der Waals surface area contributed by atoms with Crippen molar-refractivity contribution in [2.75, 3.05) is 0 Å². The Morgan fingerprint density at radius 1 is 0.905 bits per heavy atom. The molecule has 0 fully saturated rings. The molecule has 1 aliphatic rings. The molecule has 4 rings (SSSR count). The Labute approximate surface area is 120 Å². The van der Waals surface area contributed by atoms with Gasteiger partial charge < -0.3 is 4.98 Å². The molecule has 5 nitrogen and oxygen atoms in total. The molecule has 1 N–H and O–H groups in total. The van der Waals surface area contributed by atoms with Crippen LogP contribution in [-0.4, -0.2) is 26.7 Å². The van der Waals surface area contributed by atoms with Crippen LogP contribution in [0, 0.1) is 0 Å². The third-order valence-corrected chi connectivity index (χ3v) is 3.62. The number of rotatable bonds is 2. The van der Waals surface area contributed by atoms with E-state index in [9.17, 15) is 9.59 Å². The second kappa shape index (κ2) is 4.28. The van der Waals surface area contributed by atoms with Gasteiger partial charge in [-0.2, -0.15) is 0 Å². The van der Waals surface area contributed by atoms with Crippen molar-refractivity contribution in [3.63, 3.8) is 0 Å². The number of carbonyl (C=O) groups excluding carboxylic acids is 2. The van der Waals surface area contributed by atoms with Gasteiger partial charge in [0.1, 0.15) is 5.82 Å². The molecule has 5 heteroatoms. The molecule has 102 valence electrons. The van der Waals surface area contributed by atoms with Crippen molar-refractivity contribution in [2.24, 2.45) is 0 Å². The lowest BCUT2D eigenvalue weighted by molar-refractivity contribution is 0.0638. The molecule has 0 saturated carbocycles. The highest BCUT2D eigenvalue weighted by Gasteiger charge is 2.35. The summed E-state index contributed by atoms with van der Waals surface area (Å²) in [5, 5.41) is 0. The molecule has 21 heavy (non-hydrogen) atoms. The number of aromatic nitrogens is 2. The Balaban J connectivity index is 1.69. The third kappa shape index (κ3) is 1.74. The topological polar surface area (TPSA) is 66.1 Å². The average Bonchev–Trinajstić information content (AvgIpc) is 3.02. The second-order valence-corrected chi connectivity index (χ2v) is 4.94. The molecule has 2 amide bonds. The van der Waals surface area contributed by atoms with Gasteiger partial charge in [0.05, 0.1) is 28.7 Å². The summed E-state index contributed by atoms with van der Waals surface area (Å²) in [6.45, 7) is 0.154. The Bertz CT molecular complexity index is 814. The maximum atomic E-state index is 12.3. The Morgan fingerprint density at radius 3 is 2.19 bits per heavy atom. The number of H-pyrrole nitrogens is 1. The van der Waals surface area contributed by atoms with Crippen molar-refractivity contribution in [2.45, 2.75) is 6.54 Å². The number of amides is 2. The number of fused-ring (bicyclic) bond motifs is 2. The quantitative estimate of drug-likeness (QED) is 0.731. The third-order valence-electron chi connectivity index (χ3n) is 3.62. The minimum absolute atomic E-state index is 0.154.